The van der Waals surface area contributed by atoms with Gasteiger partial charge >= 0.3 is 0 Å². The molecule has 1 saturated heterocycles. The number of hydrogen-bond acceptors (Lipinski definition) is 3. The van der Waals surface area contributed by atoms with Gasteiger partial charge in [-0.15, -0.1) is 0 Å². The third-order valence-electron chi connectivity index (χ3n) is 2.68. The molecule has 1 heterocycles. The minimum Gasteiger partial charge on any atom is -0.487 e. The van der Waals surface area contributed by atoms with E-state index in [0.717, 1.165) is 31.9 Å². The summed E-state index contributed by atoms with van der Waals surface area (Å²) in [4.78, 5) is 2.36. The molecule has 3 nitrogen and oxygen atoms in total. The quantitative estimate of drug-likeness (QED) is 0.778. The number of anilines is 1. The normalized spacial score (nSPS) is 15.9. The first-order valence-corrected chi connectivity index (χ1v) is 5.70. The summed E-state index contributed by atoms with van der Waals surface area (Å²) in [5.41, 5.74) is 1.19. The number of rotatable bonds is 4. The predicted octanol–water partition coefficient (Wildman–Crippen LogP) is 1.66. The summed E-state index contributed by atoms with van der Waals surface area (Å²) < 4.78 is 5.66. The highest BCUT2D eigenvalue weighted by molar-refractivity contribution is 5.58. The summed E-state index contributed by atoms with van der Waals surface area (Å²) in [5, 5.41) is 3.35. The van der Waals surface area contributed by atoms with Crippen LogP contribution in [-0.2, 0) is 0 Å². The molecule has 3 heteroatoms. The molecule has 1 aromatic rings. The summed E-state index contributed by atoms with van der Waals surface area (Å²) in [6.45, 7) is 8.38. The van der Waals surface area contributed by atoms with Gasteiger partial charge in [0.15, 0.2) is 0 Å². The zero-order chi connectivity index (χ0) is 11.2. The molecule has 1 N–H and O–H groups in total. The first kappa shape index (κ1) is 11.0. The summed E-state index contributed by atoms with van der Waals surface area (Å²) >= 11 is 0. The van der Waals surface area contributed by atoms with Crippen LogP contribution >= 0.6 is 0 Å². The molecule has 0 unspecified atom stereocenters. The van der Waals surface area contributed by atoms with Gasteiger partial charge in [0.05, 0.1) is 5.69 Å². The molecule has 0 radical (unpaired) electrons. The van der Waals surface area contributed by atoms with Crippen molar-refractivity contribution in [2.75, 3.05) is 37.7 Å². The van der Waals surface area contributed by atoms with Crippen molar-refractivity contribution in [1.82, 2.24) is 5.32 Å². The topological polar surface area (TPSA) is 24.5 Å². The number of nitrogens with zero attached hydrogens (tertiary/aromatic N) is 1. The average molecular weight is 218 g/mol. The van der Waals surface area contributed by atoms with E-state index in [1.54, 1.807) is 6.08 Å². The molecule has 1 aliphatic rings. The first-order chi connectivity index (χ1) is 7.92. The van der Waals surface area contributed by atoms with Gasteiger partial charge in [0.1, 0.15) is 12.4 Å². The maximum Gasteiger partial charge on any atom is 0.143 e. The van der Waals surface area contributed by atoms with Crippen LogP contribution in [0.4, 0.5) is 5.69 Å². The highest BCUT2D eigenvalue weighted by Crippen LogP contribution is 2.28. The van der Waals surface area contributed by atoms with Crippen molar-refractivity contribution in [3.05, 3.63) is 36.9 Å². The molecule has 1 aliphatic heterocycles. The zero-order valence-electron chi connectivity index (χ0n) is 9.48. The molecule has 1 aromatic carbocycles. The van der Waals surface area contributed by atoms with Gasteiger partial charge < -0.3 is 15.0 Å². The van der Waals surface area contributed by atoms with Crippen LogP contribution in [0.3, 0.4) is 0 Å². The summed E-state index contributed by atoms with van der Waals surface area (Å²) in [5.74, 6) is 0.948. The van der Waals surface area contributed by atoms with Crippen LogP contribution in [0.1, 0.15) is 0 Å². The molecule has 1 fully saturated rings. The Morgan fingerprint density at radius 1 is 1.31 bits per heavy atom. The molecule has 2 rings (SSSR count). The standard InChI is InChI=1S/C13H18N2O/c1-2-11-16-13-6-4-3-5-12(13)15-9-7-14-8-10-15/h2-6,14H,1,7-11H2. The predicted molar refractivity (Wildman–Crippen MR) is 67.2 cm³/mol. The van der Waals surface area contributed by atoms with Crippen LogP contribution < -0.4 is 15.0 Å². The van der Waals surface area contributed by atoms with Gasteiger partial charge in [-0.25, -0.2) is 0 Å². The van der Waals surface area contributed by atoms with Crippen molar-refractivity contribution >= 4 is 5.69 Å². The number of benzene rings is 1. The Morgan fingerprint density at radius 2 is 2.06 bits per heavy atom. The molecule has 0 atom stereocenters. The molecule has 86 valence electrons. The van der Waals surface area contributed by atoms with E-state index in [0.29, 0.717) is 6.61 Å². The summed E-state index contributed by atoms with van der Waals surface area (Å²) in [6, 6.07) is 8.19. The molecule has 0 aliphatic carbocycles. The van der Waals surface area contributed by atoms with Crippen LogP contribution in [0, 0.1) is 0 Å². The largest absolute Gasteiger partial charge is 0.487 e. The van der Waals surface area contributed by atoms with Crippen molar-refractivity contribution in [3.8, 4) is 5.75 Å². The number of para-hydroxylation sites is 2. The molecule has 0 spiro atoms. The number of ether oxygens (including phenoxy) is 1. The monoisotopic (exact) mass is 218 g/mol. The van der Waals surface area contributed by atoms with Crippen molar-refractivity contribution in [2.45, 2.75) is 0 Å². The van der Waals surface area contributed by atoms with Crippen LogP contribution in [0.25, 0.3) is 0 Å². The molecule has 0 saturated carbocycles. The second-order valence-corrected chi connectivity index (χ2v) is 3.80. The molecule has 0 amide bonds. The summed E-state index contributed by atoms with van der Waals surface area (Å²) in [7, 11) is 0. The maximum atomic E-state index is 5.66. The third kappa shape index (κ3) is 2.55. The van der Waals surface area contributed by atoms with Crippen LogP contribution in [0.15, 0.2) is 36.9 Å². The molecular weight excluding hydrogens is 200 g/mol. The Hall–Kier alpha value is -1.48. The van der Waals surface area contributed by atoms with Gasteiger partial charge in [-0.1, -0.05) is 24.8 Å². The molecule has 0 aromatic heterocycles. The van der Waals surface area contributed by atoms with E-state index in [-0.39, 0.29) is 0 Å². The van der Waals surface area contributed by atoms with Gasteiger partial charge in [0.2, 0.25) is 0 Å². The van der Waals surface area contributed by atoms with E-state index < -0.39 is 0 Å². The van der Waals surface area contributed by atoms with Gasteiger partial charge in [0, 0.05) is 26.2 Å². The fourth-order valence-corrected chi connectivity index (χ4v) is 1.89. The number of hydrogen-bond donors (Lipinski definition) is 1. The van der Waals surface area contributed by atoms with Gasteiger partial charge in [-0.2, -0.15) is 0 Å². The van der Waals surface area contributed by atoms with Crippen LogP contribution in [0.5, 0.6) is 5.75 Å². The Labute approximate surface area is 96.7 Å². The Kier molecular flexibility index (Phi) is 3.83. The Bertz CT molecular complexity index is 346. The van der Waals surface area contributed by atoms with Gasteiger partial charge in [0.25, 0.3) is 0 Å². The van der Waals surface area contributed by atoms with Gasteiger partial charge in [-0.05, 0) is 12.1 Å². The van der Waals surface area contributed by atoms with Crippen LogP contribution in [0.2, 0.25) is 0 Å². The lowest BCUT2D eigenvalue weighted by Gasteiger charge is -2.30. The third-order valence-corrected chi connectivity index (χ3v) is 2.68. The molecular formula is C13H18N2O. The smallest absolute Gasteiger partial charge is 0.143 e. The van der Waals surface area contributed by atoms with Gasteiger partial charge in [-0.3, -0.25) is 0 Å². The average Bonchev–Trinajstić information content (AvgIpc) is 2.38. The number of nitrogens with one attached hydrogen (secondary N) is 1. The van der Waals surface area contributed by atoms with Crippen molar-refractivity contribution < 1.29 is 4.74 Å². The highest BCUT2D eigenvalue weighted by Gasteiger charge is 2.13. The lowest BCUT2D eigenvalue weighted by Crippen LogP contribution is -2.43. The lowest BCUT2D eigenvalue weighted by molar-refractivity contribution is 0.362. The fraction of sp³-hybridized carbons (Fsp3) is 0.385. The van der Waals surface area contributed by atoms with E-state index in [2.05, 4.69) is 28.9 Å². The maximum absolute atomic E-state index is 5.66. The van der Waals surface area contributed by atoms with Crippen molar-refractivity contribution in [1.29, 1.82) is 0 Å². The highest BCUT2D eigenvalue weighted by atomic mass is 16.5. The zero-order valence-corrected chi connectivity index (χ0v) is 9.48. The lowest BCUT2D eigenvalue weighted by atomic mass is 10.2. The SMILES string of the molecule is C=CCOc1ccccc1N1CCNCC1. The van der Waals surface area contributed by atoms with E-state index in [1.807, 2.05) is 12.1 Å². The molecule has 0 bridgehead atoms. The van der Waals surface area contributed by atoms with E-state index in [4.69, 9.17) is 4.74 Å². The fourth-order valence-electron chi connectivity index (χ4n) is 1.89. The molecule has 16 heavy (non-hydrogen) atoms. The van der Waals surface area contributed by atoms with Crippen molar-refractivity contribution in [2.24, 2.45) is 0 Å². The minimum atomic E-state index is 0.559. The number of piperazine rings is 1. The Morgan fingerprint density at radius 3 is 2.81 bits per heavy atom. The van der Waals surface area contributed by atoms with E-state index >= 15 is 0 Å². The Balaban J connectivity index is 2.14. The van der Waals surface area contributed by atoms with E-state index in [1.165, 1.54) is 5.69 Å². The second-order valence-electron chi connectivity index (χ2n) is 3.80. The minimum absolute atomic E-state index is 0.559. The van der Waals surface area contributed by atoms with Crippen molar-refractivity contribution in [3.63, 3.8) is 0 Å². The first-order valence-electron chi connectivity index (χ1n) is 5.70. The van der Waals surface area contributed by atoms with E-state index in [9.17, 15) is 0 Å². The van der Waals surface area contributed by atoms with Crippen LogP contribution in [-0.4, -0.2) is 32.8 Å². The second kappa shape index (κ2) is 5.56. The summed E-state index contributed by atoms with van der Waals surface area (Å²) in [6.07, 6.45) is 1.77.